The van der Waals surface area contributed by atoms with Crippen LogP contribution in [0.25, 0.3) is 0 Å². The van der Waals surface area contributed by atoms with Crippen LogP contribution in [-0.2, 0) is 26.2 Å². The van der Waals surface area contributed by atoms with Crippen molar-refractivity contribution in [1.29, 1.82) is 0 Å². The molecule has 2 amide bonds. The third kappa shape index (κ3) is 9.19. The quantitative estimate of drug-likeness (QED) is 0.273. The number of nitrogens with one attached hydrogen (secondary N) is 1. The molecule has 0 spiro atoms. The number of hydrogen-bond acceptors (Lipinski definition) is 4. The number of anilines is 1. The molecule has 2 aromatic rings. The van der Waals surface area contributed by atoms with E-state index in [4.69, 9.17) is 46.4 Å². The number of carbonyl (C=O) groups excluding carboxylic acids is 2. The summed E-state index contributed by atoms with van der Waals surface area (Å²) in [6.07, 6.45) is 2.39. The van der Waals surface area contributed by atoms with Gasteiger partial charge < -0.3 is 10.2 Å². The molecule has 0 aliphatic rings. The van der Waals surface area contributed by atoms with Crippen LogP contribution in [0.2, 0.25) is 20.1 Å². The zero-order valence-electron chi connectivity index (χ0n) is 21.8. The Morgan fingerprint density at radius 3 is 2.18 bits per heavy atom. The van der Waals surface area contributed by atoms with Crippen LogP contribution >= 0.6 is 46.4 Å². The number of halogens is 4. The third-order valence-corrected chi connectivity index (χ3v) is 8.53. The summed E-state index contributed by atoms with van der Waals surface area (Å²) in [5, 5.41) is 4.24. The van der Waals surface area contributed by atoms with Gasteiger partial charge in [-0.15, -0.1) is 0 Å². The van der Waals surface area contributed by atoms with E-state index in [0.717, 1.165) is 17.0 Å². The summed E-state index contributed by atoms with van der Waals surface area (Å²) in [7, 11) is -3.71. The number of nitrogens with zero attached hydrogens (tertiary/aromatic N) is 2. The molecule has 38 heavy (non-hydrogen) atoms. The molecule has 2 aromatic carbocycles. The van der Waals surface area contributed by atoms with Crippen LogP contribution in [0.3, 0.4) is 0 Å². The van der Waals surface area contributed by atoms with E-state index >= 15 is 0 Å². The van der Waals surface area contributed by atoms with Crippen molar-refractivity contribution in [3.63, 3.8) is 0 Å². The molecule has 0 unspecified atom stereocenters. The Hall–Kier alpha value is -1.71. The molecule has 0 fully saturated rings. The summed E-state index contributed by atoms with van der Waals surface area (Å²) in [6, 6.07) is 8.83. The number of rotatable bonds is 13. The van der Waals surface area contributed by atoms with E-state index in [1.165, 1.54) is 17.0 Å². The fourth-order valence-corrected chi connectivity index (χ4v) is 5.58. The molecule has 0 aliphatic carbocycles. The lowest BCUT2D eigenvalue weighted by molar-refractivity contribution is -0.141. The molecule has 210 valence electrons. The van der Waals surface area contributed by atoms with Gasteiger partial charge in [-0.2, -0.15) is 0 Å². The fraction of sp³-hybridized carbons (Fsp3) is 0.462. The van der Waals surface area contributed by atoms with E-state index in [9.17, 15) is 18.0 Å². The highest BCUT2D eigenvalue weighted by Gasteiger charge is 2.29. The molecule has 0 radical (unpaired) electrons. The summed E-state index contributed by atoms with van der Waals surface area (Å²) in [4.78, 5) is 28.1. The average Bonchev–Trinajstić information content (AvgIpc) is 2.84. The molecule has 0 heterocycles. The van der Waals surface area contributed by atoms with Crippen LogP contribution in [0.1, 0.15) is 52.0 Å². The maximum Gasteiger partial charge on any atom is 0.243 e. The minimum absolute atomic E-state index is 0.00110. The van der Waals surface area contributed by atoms with Crippen molar-refractivity contribution in [1.82, 2.24) is 10.2 Å². The smallest absolute Gasteiger partial charge is 0.243 e. The SMILES string of the molecule is CC[C@@H](C)NC(=O)[C@@H](CC)N(Cc1ccc(Cl)c(Cl)c1)C(=O)CCCN(c1cc(Cl)ccc1Cl)S(C)(=O)=O. The first kappa shape index (κ1) is 32.5. The van der Waals surface area contributed by atoms with E-state index in [2.05, 4.69) is 5.32 Å². The zero-order chi connectivity index (χ0) is 28.6. The summed E-state index contributed by atoms with van der Waals surface area (Å²) >= 11 is 24.6. The first-order chi connectivity index (χ1) is 17.8. The maximum atomic E-state index is 13.5. The van der Waals surface area contributed by atoms with Gasteiger partial charge in [-0.3, -0.25) is 13.9 Å². The molecule has 12 heteroatoms. The van der Waals surface area contributed by atoms with Gasteiger partial charge in [0.15, 0.2) is 0 Å². The second-order valence-corrected chi connectivity index (χ2v) is 12.6. The Bertz CT molecular complexity index is 1240. The van der Waals surface area contributed by atoms with Gasteiger partial charge in [0, 0.05) is 30.6 Å². The molecule has 2 rings (SSSR count). The summed E-state index contributed by atoms with van der Waals surface area (Å²) in [6.45, 7) is 5.84. The van der Waals surface area contributed by atoms with E-state index in [1.807, 2.05) is 20.8 Å². The van der Waals surface area contributed by atoms with Crippen LogP contribution in [0.15, 0.2) is 36.4 Å². The van der Waals surface area contributed by atoms with Crippen LogP contribution in [0.5, 0.6) is 0 Å². The van der Waals surface area contributed by atoms with Crippen molar-refractivity contribution in [3.05, 3.63) is 62.1 Å². The third-order valence-electron chi connectivity index (χ3n) is 6.05. The number of hydrogen-bond donors (Lipinski definition) is 1. The van der Waals surface area contributed by atoms with Gasteiger partial charge in [-0.25, -0.2) is 8.42 Å². The molecule has 0 aromatic heterocycles. The summed E-state index contributed by atoms with van der Waals surface area (Å²) < 4.78 is 26.2. The van der Waals surface area contributed by atoms with Crippen LogP contribution < -0.4 is 9.62 Å². The van der Waals surface area contributed by atoms with Crippen LogP contribution in [0, 0.1) is 0 Å². The van der Waals surface area contributed by atoms with E-state index in [0.29, 0.717) is 27.1 Å². The van der Waals surface area contributed by atoms with Crippen molar-refractivity contribution >= 4 is 73.9 Å². The van der Waals surface area contributed by atoms with Gasteiger partial charge in [0.05, 0.1) is 27.0 Å². The number of amides is 2. The highest BCUT2D eigenvalue weighted by atomic mass is 35.5. The predicted octanol–water partition coefficient (Wildman–Crippen LogP) is 6.57. The lowest BCUT2D eigenvalue weighted by atomic mass is 10.1. The minimum Gasteiger partial charge on any atom is -0.352 e. The molecular weight excluding hydrogens is 592 g/mol. The van der Waals surface area contributed by atoms with Crippen molar-refractivity contribution in [2.75, 3.05) is 17.1 Å². The normalized spacial score (nSPS) is 13.1. The van der Waals surface area contributed by atoms with E-state index < -0.39 is 16.1 Å². The van der Waals surface area contributed by atoms with Gasteiger partial charge in [0.25, 0.3) is 0 Å². The molecule has 0 saturated carbocycles. The topological polar surface area (TPSA) is 86.8 Å². The molecule has 2 atom stereocenters. The molecular formula is C26H33Cl4N3O4S. The largest absolute Gasteiger partial charge is 0.352 e. The Balaban J connectivity index is 2.29. The first-order valence-electron chi connectivity index (χ1n) is 12.2. The second kappa shape index (κ2) is 14.6. The maximum absolute atomic E-state index is 13.5. The second-order valence-electron chi connectivity index (χ2n) is 9.05. The van der Waals surface area contributed by atoms with Gasteiger partial charge >= 0.3 is 0 Å². The highest BCUT2D eigenvalue weighted by molar-refractivity contribution is 7.92. The number of carbonyl (C=O) groups is 2. The fourth-order valence-electron chi connectivity index (χ4n) is 3.85. The molecule has 0 saturated heterocycles. The lowest BCUT2D eigenvalue weighted by Crippen LogP contribution is -2.50. The first-order valence-corrected chi connectivity index (χ1v) is 15.6. The Kier molecular flexibility index (Phi) is 12.5. The number of sulfonamides is 1. The standard InChI is InChI=1S/C26H33Cl4N3O4S/c1-5-17(3)31-26(35)23(6-2)32(16-18-9-11-20(28)22(30)14-18)25(34)8-7-13-33(38(4,36)37)24-15-19(27)10-12-21(24)29/h9-12,14-15,17,23H,5-8,13,16H2,1-4H3,(H,31,35)/t17-,23-/m1/s1. The minimum atomic E-state index is -3.71. The Morgan fingerprint density at radius 2 is 1.61 bits per heavy atom. The predicted molar refractivity (Wildman–Crippen MR) is 157 cm³/mol. The van der Waals surface area contributed by atoms with Gasteiger partial charge in [-0.05, 0) is 62.1 Å². The van der Waals surface area contributed by atoms with E-state index in [1.54, 1.807) is 24.3 Å². The van der Waals surface area contributed by atoms with Crippen molar-refractivity contribution in [2.24, 2.45) is 0 Å². The lowest BCUT2D eigenvalue weighted by Gasteiger charge is -2.32. The van der Waals surface area contributed by atoms with Crippen LogP contribution in [-0.4, -0.2) is 50.0 Å². The van der Waals surface area contributed by atoms with Crippen molar-refractivity contribution in [2.45, 2.75) is 65.1 Å². The highest BCUT2D eigenvalue weighted by Crippen LogP contribution is 2.31. The zero-order valence-corrected chi connectivity index (χ0v) is 25.6. The monoisotopic (exact) mass is 623 g/mol. The van der Waals surface area contributed by atoms with Crippen molar-refractivity contribution in [3.8, 4) is 0 Å². The number of benzene rings is 2. The average molecular weight is 625 g/mol. The summed E-state index contributed by atoms with van der Waals surface area (Å²) in [5.74, 6) is -0.549. The molecule has 0 aliphatic heterocycles. The van der Waals surface area contributed by atoms with Gasteiger partial charge in [-0.1, -0.05) is 66.3 Å². The van der Waals surface area contributed by atoms with E-state index in [-0.39, 0.29) is 54.5 Å². The molecule has 7 nitrogen and oxygen atoms in total. The molecule has 1 N–H and O–H groups in total. The van der Waals surface area contributed by atoms with Gasteiger partial charge in [0.2, 0.25) is 21.8 Å². The van der Waals surface area contributed by atoms with Gasteiger partial charge in [0.1, 0.15) is 6.04 Å². The van der Waals surface area contributed by atoms with Crippen molar-refractivity contribution < 1.29 is 18.0 Å². The summed E-state index contributed by atoms with van der Waals surface area (Å²) in [5.41, 5.74) is 0.951. The Morgan fingerprint density at radius 1 is 0.947 bits per heavy atom. The Labute approximate surface area is 245 Å². The van der Waals surface area contributed by atoms with Crippen LogP contribution in [0.4, 0.5) is 5.69 Å². The molecule has 0 bridgehead atoms.